The summed E-state index contributed by atoms with van der Waals surface area (Å²) in [4.78, 5) is 0. The fourth-order valence-electron chi connectivity index (χ4n) is 2.35. The maximum atomic E-state index is 6.04. The zero-order chi connectivity index (χ0) is 11.5. The second-order valence-corrected chi connectivity index (χ2v) is 5.29. The lowest BCUT2D eigenvalue weighted by atomic mass is 9.87. The first-order chi connectivity index (χ1) is 7.70. The summed E-state index contributed by atoms with van der Waals surface area (Å²) >= 11 is 12.0. The van der Waals surface area contributed by atoms with Crippen molar-refractivity contribution in [2.75, 3.05) is 6.54 Å². The van der Waals surface area contributed by atoms with E-state index in [2.05, 4.69) is 18.3 Å². The van der Waals surface area contributed by atoms with Crippen LogP contribution in [0.4, 0.5) is 0 Å². The summed E-state index contributed by atoms with van der Waals surface area (Å²) in [6.45, 7) is 3.37. The van der Waals surface area contributed by atoms with Gasteiger partial charge < -0.3 is 5.32 Å². The van der Waals surface area contributed by atoms with Crippen LogP contribution in [-0.4, -0.2) is 6.54 Å². The largest absolute Gasteiger partial charge is 0.310 e. The third-order valence-corrected chi connectivity index (χ3v) is 4.17. The summed E-state index contributed by atoms with van der Waals surface area (Å²) in [5, 5.41) is 4.83. The highest BCUT2D eigenvalue weighted by molar-refractivity contribution is 6.42. The molecule has 1 saturated heterocycles. The lowest BCUT2D eigenvalue weighted by molar-refractivity contribution is 0.299. The standard InChI is InChI=1S/C13H17Cl2N/c1-2-9-5-6-16-13(7-9)10-3-4-11(14)12(15)8-10/h3-4,8-9,13,16H,2,5-7H2,1H3. The van der Waals surface area contributed by atoms with Crippen molar-refractivity contribution in [1.82, 2.24) is 5.32 Å². The molecule has 1 aromatic carbocycles. The van der Waals surface area contributed by atoms with Gasteiger partial charge in [0.25, 0.3) is 0 Å². The Bertz CT molecular complexity index is 365. The quantitative estimate of drug-likeness (QED) is 0.826. The van der Waals surface area contributed by atoms with Gasteiger partial charge in [-0.1, -0.05) is 42.6 Å². The van der Waals surface area contributed by atoms with Crippen LogP contribution in [-0.2, 0) is 0 Å². The second kappa shape index (κ2) is 5.39. The number of hydrogen-bond acceptors (Lipinski definition) is 1. The van der Waals surface area contributed by atoms with Crippen LogP contribution >= 0.6 is 23.2 Å². The fraction of sp³-hybridized carbons (Fsp3) is 0.538. The van der Waals surface area contributed by atoms with Gasteiger partial charge in [-0.15, -0.1) is 0 Å². The van der Waals surface area contributed by atoms with Gasteiger partial charge in [0.1, 0.15) is 0 Å². The topological polar surface area (TPSA) is 12.0 Å². The first-order valence-electron chi connectivity index (χ1n) is 5.89. The molecular formula is C13H17Cl2N. The van der Waals surface area contributed by atoms with Gasteiger partial charge in [-0.25, -0.2) is 0 Å². The zero-order valence-electron chi connectivity index (χ0n) is 9.47. The molecule has 2 atom stereocenters. The summed E-state index contributed by atoms with van der Waals surface area (Å²) in [6, 6.07) is 6.38. The predicted molar refractivity (Wildman–Crippen MR) is 70.2 cm³/mol. The minimum absolute atomic E-state index is 0.438. The molecular weight excluding hydrogens is 241 g/mol. The average molecular weight is 258 g/mol. The normalized spacial score (nSPS) is 25.7. The number of rotatable bonds is 2. The van der Waals surface area contributed by atoms with Crippen LogP contribution < -0.4 is 5.32 Å². The van der Waals surface area contributed by atoms with Gasteiger partial charge in [-0.2, -0.15) is 0 Å². The van der Waals surface area contributed by atoms with Gasteiger partial charge in [0, 0.05) is 6.04 Å². The van der Waals surface area contributed by atoms with Crippen LogP contribution in [0.15, 0.2) is 18.2 Å². The van der Waals surface area contributed by atoms with E-state index >= 15 is 0 Å². The van der Waals surface area contributed by atoms with Gasteiger partial charge in [0.2, 0.25) is 0 Å². The van der Waals surface area contributed by atoms with E-state index in [1.165, 1.54) is 24.8 Å². The summed E-state index contributed by atoms with van der Waals surface area (Å²) in [5.74, 6) is 0.834. The van der Waals surface area contributed by atoms with Crippen molar-refractivity contribution in [3.8, 4) is 0 Å². The molecule has 0 spiro atoms. The molecule has 1 N–H and O–H groups in total. The SMILES string of the molecule is CCC1CCNC(c2ccc(Cl)c(Cl)c2)C1. The number of benzene rings is 1. The van der Waals surface area contributed by atoms with Crippen LogP contribution in [0.5, 0.6) is 0 Å². The monoisotopic (exact) mass is 257 g/mol. The minimum atomic E-state index is 0.438. The number of nitrogens with one attached hydrogen (secondary N) is 1. The van der Waals surface area contributed by atoms with E-state index in [0.717, 1.165) is 12.5 Å². The van der Waals surface area contributed by atoms with Crippen molar-refractivity contribution in [3.05, 3.63) is 33.8 Å². The third-order valence-electron chi connectivity index (χ3n) is 3.44. The molecule has 0 aliphatic carbocycles. The van der Waals surface area contributed by atoms with E-state index in [1.807, 2.05) is 12.1 Å². The fourth-order valence-corrected chi connectivity index (χ4v) is 2.66. The molecule has 1 aromatic rings. The van der Waals surface area contributed by atoms with Gasteiger partial charge in [0.15, 0.2) is 0 Å². The summed E-state index contributed by atoms with van der Waals surface area (Å²) in [5.41, 5.74) is 1.26. The van der Waals surface area contributed by atoms with Crippen molar-refractivity contribution in [2.24, 2.45) is 5.92 Å². The average Bonchev–Trinajstić information content (AvgIpc) is 2.33. The van der Waals surface area contributed by atoms with Crippen LogP contribution in [0.3, 0.4) is 0 Å². The molecule has 3 heteroatoms. The highest BCUT2D eigenvalue weighted by Crippen LogP contribution is 2.32. The summed E-state index contributed by atoms with van der Waals surface area (Å²) in [6.07, 6.45) is 3.75. The Morgan fingerprint density at radius 1 is 1.31 bits per heavy atom. The van der Waals surface area contributed by atoms with Gasteiger partial charge in [-0.3, -0.25) is 0 Å². The van der Waals surface area contributed by atoms with Gasteiger partial charge >= 0.3 is 0 Å². The number of piperidine rings is 1. The third kappa shape index (κ3) is 2.71. The Kier molecular flexibility index (Phi) is 4.12. The maximum absolute atomic E-state index is 6.04. The summed E-state index contributed by atoms with van der Waals surface area (Å²) in [7, 11) is 0. The van der Waals surface area contributed by atoms with E-state index in [0.29, 0.717) is 16.1 Å². The van der Waals surface area contributed by atoms with Gasteiger partial charge in [-0.05, 0) is 43.0 Å². The molecule has 0 bridgehead atoms. The van der Waals surface area contributed by atoms with Crippen LogP contribution in [0.1, 0.15) is 37.8 Å². The molecule has 2 unspecified atom stereocenters. The smallest absolute Gasteiger partial charge is 0.0595 e. The number of halogens is 2. The molecule has 0 amide bonds. The predicted octanol–water partition coefficient (Wildman–Crippen LogP) is 4.44. The molecule has 1 aliphatic rings. The van der Waals surface area contributed by atoms with Crippen LogP contribution in [0.2, 0.25) is 10.0 Å². The van der Waals surface area contributed by atoms with E-state index < -0.39 is 0 Å². The zero-order valence-corrected chi connectivity index (χ0v) is 11.0. The molecule has 1 aliphatic heterocycles. The molecule has 1 heterocycles. The second-order valence-electron chi connectivity index (χ2n) is 4.48. The number of hydrogen-bond donors (Lipinski definition) is 1. The molecule has 1 nitrogen and oxygen atoms in total. The van der Waals surface area contributed by atoms with Crippen LogP contribution in [0, 0.1) is 5.92 Å². The summed E-state index contributed by atoms with van der Waals surface area (Å²) < 4.78 is 0. The van der Waals surface area contributed by atoms with Gasteiger partial charge in [0.05, 0.1) is 10.0 Å². The minimum Gasteiger partial charge on any atom is -0.310 e. The molecule has 0 radical (unpaired) electrons. The molecule has 88 valence electrons. The molecule has 16 heavy (non-hydrogen) atoms. The Morgan fingerprint density at radius 3 is 2.81 bits per heavy atom. The maximum Gasteiger partial charge on any atom is 0.0595 e. The Morgan fingerprint density at radius 2 is 2.12 bits per heavy atom. The first-order valence-corrected chi connectivity index (χ1v) is 6.64. The van der Waals surface area contributed by atoms with E-state index in [-0.39, 0.29) is 0 Å². The van der Waals surface area contributed by atoms with E-state index in [9.17, 15) is 0 Å². The van der Waals surface area contributed by atoms with Crippen molar-refractivity contribution in [2.45, 2.75) is 32.2 Å². The lowest BCUT2D eigenvalue weighted by Gasteiger charge is -2.30. The molecule has 2 rings (SSSR count). The Labute approximate surface area is 107 Å². The Hall–Kier alpha value is -0.240. The first kappa shape index (κ1) is 12.2. The van der Waals surface area contributed by atoms with Crippen molar-refractivity contribution in [1.29, 1.82) is 0 Å². The van der Waals surface area contributed by atoms with Crippen molar-refractivity contribution in [3.63, 3.8) is 0 Å². The van der Waals surface area contributed by atoms with E-state index in [1.54, 1.807) is 0 Å². The highest BCUT2D eigenvalue weighted by Gasteiger charge is 2.21. The van der Waals surface area contributed by atoms with Crippen molar-refractivity contribution >= 4 is 23.2 Å². The molecule has 1 fully saturated rings. The highest BCUT2D eigenvalue weighted by atomic mass is 35.5. The van der Waals surface area contributed by atoms with Crippen molar-refractivity contribution < 1.29 is 0 Å². The molecule has 0 aromatic heterocycles. The Balaban J connectivity index is 2.13. The van der Waals surface area contributed by atoms with E-state index in [4.69, 9.17) is 23.2 Å². The lowest BCUT2D eigenvalue weighted by Crippen LogP contribution is -2.31. The van der Waals surface area contributed by atoms with Crippen LogP contribution in [0.25, 0.3) is 0 Å². The molecule has 0 saturated carbocycles.